The van der Waals surface area contributed by atoms with Crippen molar-refractivity contribution in [3.63, 3.8) is 0 Å². The van der Waals surface area contributed by atoms with E-state index in [2.05, 4.69) is 32.5 Å². The standard InChI is InChI=1S/C17H22N4O/c1-12-2-5-15(22-12)9-18-8-13-10-21(11-13)17-7-6-16(19-20-17)14-3-4-14/h2,5-7,13-14,18H,3-4,8-11H2,1H3. The predicted molar refractivity (Wildman–Crippen MR) is 84.9 cm³/mol. The van der Waals surface area contributed by atoms with E-state index in [1.54, 1.807) is 0 Å². The van der Waals surface area contributed by atoms with Gasteiger partial charge in [0.15, 0.2) is 5.82 Å². The molecule has 0 unspecified atom stereocenters. The number of nitrogens with zero attached hydrogens (tertiary/aromatic N) is 3. The molecule has 2 aromatic heterocycles. The minimum absolute atomic E-state index is 0.681. The molecule has 116 valence electrons. The topological polar surface area (TPSA) is 54.2 Å². The second kappa shape index (κ2) is 5.72. The first kappa shape index (κ1) is 13.8. The molecule has 3 heterocycles. The third-order valence-corrected chi connectivity index (χ3v) is 4.48. The van der Waals surface area contributed by atoms with E-state index >= 15 is 0 Å². The van der Waals surface area contributed by atoms with E-state index in [4.69, 9.17) is 4.42 Å². The van der Waals surface area contributed by atoms with Crippen LogP contribution in [0.2, 0.25) is 0 Å². The number of rotatable bonds is 6. The number of aromatic nitrogens is 2. The molecule has 2 aliphatic rings. The van der Waals surface area contributed by atoms with Crippen LogP contribution in [0, 0.1) is 12.8 Å². The Labute approximate surface area is 130 Å². The molecule has 1 aliphatic heterocycles. The first-order chi connectivity index (χ1) is 10.8. The Morgan fingerprint density at radius 1 is 1.18 bits per heavy atom. The van der Waals surface area contributed by atoms with Crippen LogP contribution >= 0.6 is 0 Å². The van der Waals surface area contributed by atoms with Crippen LogP contribution in [0.5, 0.6) is 0 Å². The molecule has 0 bridgehead atoms. The summed E-state index contributed by atoms with van der Waals surface area (Å²) in [6.07, 6.45) is 2.56. The molecule has 0 amide bonds. The Hall–Kier alpha value is -1.88. The zero-order valence-corrected chi connectivity index (χ0v) is 13.0. The molecule has 1 saturated carbocycles. The van der Waals surface area contributed by atoms with E-state index in [0.717, 1.165) is 49.2 Å². The highest BCUT2D eigenvalue weighted by Crippen LogP contribution is 2.38. The van der Waals surface area contributed by atoms with E-state index < -0.39 is 0 Å². The lowest BCUT2D eigenvalue weighted by atomic mass is 10.0. The van der Waals surface area contributed by atoms with Crippen molar-refractivity contribution in [1.29, 1.82) is 0 Å². The predicted octanol–water partition coefficient (Wildman–Crippen LogP) is 2.48. The average molecular weight is 298 g/mol. The minimum atomic E-state index is 0.681. The highest BCUT2D eigenvalue weighted by Gasteiger charge is 2.29. The highest BCUT2D eigenvalue weighted by atomic mass is 16.3. The Kier molecular flexibility index (Phi) is 3.58. The zero-order valence-electron chi connectivity index (χ0n) is 13.0. The van der Waals surface area contributed by atoms with Crippen molar-refractivity contribution in [3.05, 3.63) is 41.5 Å². The molecule has 4 rings (SSSR count). The summed E-state index contributed by atoms with van der Waals surface area (Å²) < 4.78 is 5.55. The number of aryl methyl sites for hydroxylation is 1. The van der Waals surface area contributed by atoms with Gasteiger partial charge in [-0.15, -0.1) is 5.10 Å². The number of furan rings is 1. The SMILES string of the molecule is Cc1ccc(CNCC2CN(c3ccc(C4CC4)nn3)C2)o1. The van der Waals surface area contributed by atoms with Gasteiger partial charge in [-0.3, -0.25) is 0 Å². The number of anilines is 1. The molecule has 1 saturated heterocycles. The summed E-state index contributed by atoms with van der Waals surface area (Å²) in [7, 11) is 0. The van der Waals surface area contributed by atoms with Gasteiger partial charge in [0.2, 0.25) is 0 Å². The van der Waals surface area contributed by atoms with Crippen molar-refractivity contribution in [2.45, 2.75) is 32.2 Å². The number of hydrogen-bond donors (Lipinski definition) is 1. The lowest BCUT2D eigenvalue weighted by Gasteiger charge is -2.40. The molecule has 2 aromatic rings. The molecule has 1 aliphatic carbocycles. The van der Waals surface area contributed by atoms with Gasteiger partial charge in [0.05, 0.1) is 12.2 Å². The van der Waals surface area contributed by atoms with Gasteiger partial charge in [-0.1, -0.05) is 0 Å². The normalized spacial score (nSPS) is 18.5. The third kappa shape index (κ3) is 2.99. The second-order valence-electron chi connectivity index (χ2n) is 6.50. The van der Waals surface area contributed by atoms with Crippen LogP contribution in [0.4, 0.5) is 5.82 Å². The number of hydrogen-bond acceptors (Lipinski definition) is 5. The van der Waals surface area contributed by atoms with Crippen LogP contribution in [-0.4, -0.2) is 29.8 Å². The molecule has 2 fully saturated rings. The average Bonchev–Trinajstić information content (AvgIpc) is 3.25. The fourth-order valence-corrected chi connectivity index (χ4v) is 2.97. The fraction of sp³-hybridized carbons (Fsp3) is 0.529. The summed E-state index contributed by atoms with van der Waals surface area (Å²) in [4.78, 5) is 2.30. The monoisotopic (exact) mass is 298 g/mol. The Bertz CT molecular complexity index is 626. The summed E-state index contributed by atoms with van der Waals surface area (Å²) >= 11 is 0. The maximum absolute atomic E-state index is 5.55. The Balaban J connectivity index is 1.20. The quantitative estimate of drug-likeness (QED) is 0.888. The van der Waals surface area contributed by atoms with E-state index in [1.165, 1.54) is 12.8 Å². The molecular weight excluding hydrogens is 276 g/mol. The maximum atomic E-state index is 5.55. The van der Waals surface area contributed by atoms with E-state index in [0.29, 0.717) is 11.8 Å². The molecule has 0 atom stereocenters. The van der Waals surface area contributed by atoms with Gasteiger partial charge in [0, 0.05) is 31.5 Å². The van der Waals surface area contributed by atoms with Crippen molar-refractivity contribution >= 4 is 5.82 Å². The second-order valence-corrected chi connectivity index (χ2v) is 6.50. The molecule has 1 N–H and O–H groups in total. The van der Waals surface area contributed by atoms with Crippen LogP contribution in [0.15, 0.2) is 28.7 Å². The van der Waals surface area contributed by atoms with E-state index in [9.17, 15) is 0 Å². The fourth-order valence-electron chi connectivity index (χ4n) is 2.97. The zero-order chi connectivity index (χ0) is 14.9. The summed E-state index contributed by atoms with van der Waals surface area (Å²) in [5.41, 5.74) is 1.16. The van der Waals surface area contributed by atoms with Gasteiger partial charge >= 0.3 is 0 Å². The van der Waals surface area contributed by atoms with Gasteiger partial charge in [0.25, 0.3) is 0 Å². The van der Waals surface area contributed by atoms with Crippen molar-refractivity contribution in [2.24, 2.45) is 5.92 Å². The summed E-state index contributed by atoms with van der Waals surface area (Å²) in [6, 6.07) is 8.30. The largest absolute Gasteiger partial charge is 0.465 e. The first-order valence-corrected chi connectivity index (χ1v) is 8.12. The smallest absolute Gasteiger partial charge is 0.151 e. The lowest BCUT2D eigenvalue weighted by molar-refractivity contribution is 0.369. The maximum Gasteiger partial charge on any atom is 0.151 e. The third-order valence-electron chi connectivity index (χ3n) is 4.48. The summed E-state index contributed by atoms with van der Waals surface area (Å²) in [6.45, 7) is 5.91. The summed E-state index contributed by atoms with van der Waals surface area (Å²) in [5.74, 6) is 4.36. The van der Waals surface area contributed by atoms with E-state index in [-0.39, 0.29) is 0 Å². The molecule has 0 aromatic carbocycles. The number of nitrogens with one attached hydrogen (secondary N) is 1. The van der Waals surface area contributed by atoms with Crippen molar-refractivity contribution in [3.8, 4) is 0 Å². The minimum Gasteiger partial charge on any atom is -0.465 e. The Morgan fingerprint density at radius 2 is 2.05 bits per heavy atom. The van der Waals surface area contributed by atoms with Crippen LogP contribution in [-0.2, 0) is 6.54 Å². The van der Waals surface area contributed by atoms with Crippen molar-refractivity contribution in [1.82, 2.24) is 15.5 Å². The van der Waals surface area contributed by atoms with Crippen LogP contribution in [0.3, 0.4) is 0 Å². The Morgan fingerprint density at radius 3 is 2.68 bits per heavy atom. The highest BCUT2D eigenvalue weighted by molar-refractivity contribution is 5.41. The van der Waals surface area contributed by atoms with Gasteiger partial charge in [0.1, 0.15) is 11.5 Å². The summed E-state index contributed by atoms with van der Waals surface area (Å²) in [5, 5.41) is 12.2. The van der Waals surface area contributed by atoms with Crippen LogP contribution in [0.25, 0.3) is 0 Å². The van der Waals surface area contributed by atoms with Crippen LogP contribution < -0.4 is 10.2 Å². The van der Waals surface area contributed by atoms with E-state index in [1.807, 2.05) is 19.1 Å². The van der Waals surface area contributed by atoms with Gasteiger partial charge in [-0.2, -0.15) is 5.10 Å². The molecule has 5 heteroatoms. The van der Waals surface area contributed by atoms with Crippen molar-refractivity contribution in [2.75, 3.05) is 24.5 Å². The molecular formula is C17H22N4O. The van der Waals surface area contributed by atoms with Crippen molar-refractivity contribution < 1.29 is 4.42 Å². The van der Waals surface area contributed by atoms with Gasteiger partial charge < -0.3 is 14.6 Å². The molecule has 0 spiro atoms. The van der Waals surface area contributed by atoms with Gasteiger partial charge in [-0.05, 0) is 44.0 Å². The van der Waals surface area contributed by atoms with Crippen LogP contribution in [0.1, 0.15) is 36.0 Å². The molecule has 5 nitrogen and oxygen atoms in total. The molecule has 0 radical (unpaired) electrons. The first-order valence-electron chi connectivity index (χ1n) is 8.12. The molecule has 22 heavy (non-hydrogen) atoms. The lowest BCUT2D eigenvalue weighted by Crippen LogP contribution is -2.51. The van der Waals surface area contributed by atoms with Gasteiger partial charge in [-0.25, -0.2) is 0 Å².